The first-order valence-electron chi connectivity index (χ1n) is 7.52. The third-order valence-corrected chi connectivity index (χ3v) is 4.28. The van der Waals surface area contributed by atoms with Gasteiger partial charge in [-0.3, -0.25) is 4.79 Å². The van der Waals surface area contributed by atoms with E-state index in [2.05, 4.69) is 21.2 Å². The van der Waals surface area contributed by atoms with Gasteiger partial charge in [0, 0.05) is 4.47 Å². The Bertz CT molecular complexity index is 856. The molecule has 0 saturated heterocycles. The highest BCUT2D eigenvalue weighted by molar-refractivity contribution is 9.10. The molecule has 2 aromatic heterocycles. The topological polar surface area (TPSA) is 84.8 Å². The van der Waals surface area contributed by atoms with E-state index >= 15 is 0 Å². The summed E-state index contributed by atoms with van der Waals surface area (Å²) in [5.41, 5.74) is 0.419. The Morgan fingerprint density at radius 3 is 2.84 bits per heavy atom. The van der Waals surface area contributed by atoms with Crippen molar-refractivity contribution in [2.75, 3.05) is 13.7 Å². The first-order valence-corrected chi connectivity index (χ1v) is 8.31. The third-order valence-electron chi connectivity index (χ3n) is 3.59. The molecule has 0 aliphatic heterocycles. The van der Waals surface area contributed by atoms with Gasteiger partial charge in [-0.1, -0.05) is 0 Å². The summed E-state index contributed by atoms with van der Waals surface area (Å²) in [4.78, 5) is 12.3. The fraction of sp³-hybridized carbons (Fsp3) is 0.167. The van der Waals surface area contributed by atoms with E-state index in [1.165, 1.54) is 7.11 Å². The Balaban J connectivity index is 1.64. The highest BCUT2D eigenvalue weighted by Crippen LogP contribution is 2.26. The van der Waals surface area contributed by atoms with Crippen molar-refractivity contribution in [3.63, 3.8) is 0 Å². The smallest absolute Gasteiger partial charge is 0.252 e. The van der Waals surface area contributed by atoms with Crippen molar-refractivity contribution in [2.45, 2.75) is 6.10 Å². The lowest BCUT2D eigenvalue weighted by molar-refractivity contribution is 0.0900. The number of furan rings is 2. The van der Waals surface area contributed by atoms with E-state index in [4.69, 9.17) is 13.6 Å². The number of ether oxygens (including phenoxy) is 1. The molecular formula is C18H16BrNO5. The van der Waals surface area contributed by atoms with Crippen LogP contribution >= 0.6 is 15.9 Å². The molecule has 3 aromatic rings. The van der Waals surface area contributed by atoms with Crippen molar-refractivity contribution in [1.29, 1.82) is 0 Å². The van der Waals surface area contributed by atoms with E-state index in [0.717, 1.165) is 0 Å². The van der Waals surface area contributed by atoms with Gasteiger partial charge in [-0.15, -0.1) is 0 Å². The molecule has 0 aliphatic carbocycles. The van der Waals surface area contributed by atoms with Gasteiger partial charge in [0.05, 0.1) is 25.5 Å². The van der Waals surface area contributed by atoms with Gasteiger partial charge in [-0.2, -0.15) is 0 Å². The van der Waals surface area contributed by atoms with Crippen LogP contribution in [-0.2, 0) is 0 Å². The molecule has 6 nitrogen and oxygen atoms in total. The molecule has 3 rings (SSSR count). The number of halogens is 1. The second-order valence-electron chi connectivity index (χ2n) is 5.25. The number of methoxy groups -OCH3 is 1. The number of aliphatic hydroxyl groups excluding tert-OH is 1. The molecule has 1 atom stereocenters. The Kier molecular flexibility index (Phi) is 5.25. The zero-order chi connectivity index (χ0) is 17.8. The molecule has 130 valence electrons. The second-order valence-corrected chi connectivity index (χ2v) is 6.11. The minimum Gasteiger partial charge on any atom is -0.497 e. The summed E-state index contributed by atoms with van der Waals surface area (Å²) in [6.45, 7) is 0.00753. The van der Waals surface area contributed by atoms with Crippen LogP contribution in [0.3, 0.4) is 0 Å². The maximum Gasteiger partial charge on any atom is 0.252 e. The van der Waals surface area contributed by atoms with Crippen molar-refractivity contribution in [1.82, 2.24) is 5.32 Å². The molecule has 1 aromatic carbocycles. The van der Waals surface area contributed by atoms with Gasteiger partial charge >= 0.3 is 0 Å². The van der Waals surface area contributed by atoms with Crippen LogP contribution in [0.15, 0.2) is 62.0 Å². The predicted octanol–water partition coefficient (Wildman–Crippen LogP) is 3.77. The molecule has 0 fully saturated rings. The Morgan fingerprint density at radius 2 is 2.12 bits per heavy atom. The Labute approximate surface area is 152 Å². The molecular weight excluding hydrogens is 390 g/mol. The number of carbonyl (C=O) groups is 1. The summed E-state index contributed by atoms with van der Waals surface area (Å²) in [6.07, 6.45) is 0.567. The molecule has 0 spiro atoms. The number of benzene rings is 1. The lowest BCUT2D eigenvalue weighted by Gasteiger charge is -2.11. The van der Waals surface area contributed by atoms with E-state index in [1.807, 2.05) is 0 Å². The Hall–Kier alpha value is -2.51. The number of aliphatic hydroxyl groups is 1. The fourth-order valence-electron chi connectivity index (χ4n) is 2.27. The minimum absolute atomic E-state index is 0.00753. The van der Waals surface area contributed by atoms with E-state index in [0.29, 0.717) is 33.1 Å². The fourth-order valence-corrected chi connectivity index (χ4v) is 2.70. The highest BCUT2D eigenvalue weighted by Gasteiger charge is 2.17. The number of hydrogen-bond donors (Lipinski definition) is 2. The van der Waals surface area contributed by atoms with Crippen LogP contribution in [0.5, 0.6) is 5.75 Å². The normalized spacial score (nSPS) is 12.0. The zero-order valence-corrected chi connectivity index (χ0v) is 14.9. The number of nitrogens with one attached hydrogen (secondary N) is 1. The molecule has 0 aliphatic rings. The SMILES string of the molecule is COc1ccc(Br)c(C(=O)NCC(O)c2ccc(-c3ccco3)o2)c1. The van der Waals surface area contributed by atoms with Crippen LogP contribution in [0, 0.1) is 0 Å². The molecule has 1 unspecified atom stereocenters. The second kappa shape index (κ2) is 7.58. The average Bonchev–Trinajstić information content (AvgIpc) is 3.30. The largest absolute Gasteiger partial charge is 0.497 e. The summed E-state index contributed by atoms with van der Waals surface area (Å²) in [5.74, 6) is 1.67. The van der Waals surface area contributed by atoms with E-state index in [9.17, 15) is 9.90 Å². The first-order chi connectivity index (χ1) is 12.1. The maximum absolute atomic E-state index is 12.3. The average molecular weight is 406 g/mol. The summed E-state index contributed by atoms with van der Waals surface area (Å²) in [5, 5.41) is 12.9. The van der Waals surface area contributed by atoms with Crippen LogP contribution in [-0.4, -0.2) is 24.7 Å². The summed E-state index contributed by atoms with van der Waals surface area (Å²) >= 11 is 3.33. The third kappa shape index (κ3) is 3.94. The molecule has 7 heteroatoms. The van der Waals surface area contributed by atoms with Gasteiger partial charge in [0.25, 0.3) is 5.91 Å². The lowest BCUT2D eigenvalue weighted by Crippen LogP contribution is -2.28. The molecule has 0 radical (unpaired) electrons. The van der Waals surface area contributed by atoms with Gasteiger partial charge in [0.1, 0.15) is 17.6 Å². The number of rotatable bonds is 6. The maximum atomic E-state index is 12.3. The van der Waals surface area contributed by atoms with Crippen molar-refractivity contribution in [3.8, 4) is 17.3 Å². The van der Waals surface area contributed by atoms with Crippen molar-refractivity contribution >= 4 is 21.8 Å². The summed E-state index contributed by atoms with van der Waals surface area (Å²) in [7, 11) is 1.53. The minimum atomic E-state index is -0.975. The lowest BCUT2D eigenvalue weighted by atomic mass is 10.2. The quantitative estimate of drug-likeness (QED) is 0.651. The van der Waals surface area contributed by atoms with Crippen molar-refractivity contribution < 1.29 is 23.5 Å². The molecule has 1 amide bonds. The van der Waals surface area contributed by atoms with E-state index in [-0.39, 0.29) is 12.5 Å². The number of hydrogen-bond acceptors (Lipinski definition) is 5. The summed E-state index contributed by atoms with van der Waals surface area (Å²) < 4.78 is 16.6. The van der Waals surface area contributed by atoms with Gasteiger partial charge < -0.3 is 24.0 Å². The van der Waals surface area contributed by atoms with Gasteiger partial charge in [-0.05, 0) is 58.4 Å². The van der Waals surface area contributed by atoms with Gasteiger partial charge in [0.15, 0.2) is 11.5 Å². The Morgan fingerprint density at radius 1 is 1.28 bits per heavy atom. The van der Waals surface area contributed by atoms with E-state index < -0.39 is 6.10 Å². The monoisotopic (exact) mass is 405 g/mol. The van der Waals surface area contributed by atoms with Crippen LogP contribution in [0.2, 0.25) is 0 Å². The van der Waals surface area contributed by atoms with Crippen LogP contribution in [0.1, 0.15) is 22.2 Å². The predicted molar refractivity (Wildman–Crippen MR) is 94.4 cm³/mol. The molecule has 2 heterocycles. The number of amides is 1. The molecule has 2 N–H and O–H groups in total. The van der Waals surface area contributed by atoms with Crippen LogP contribution < -0.4 is 10.1 Å². The van der Waals surface area contributed by atoms with Gasteiger partial charge in [-0.25, -0.2) is 0 Å². The van der Waals surface area contributed by atoms with E-state index in [1.54, 1.807) is 48.7 Å². The highest BCUT2D eigenvalue weighted by atomic mass is 79.9. The molecule has 0 saturated carbocycles. The number of carbonyl (C=O) groups excluding carboxylic acids is 1. The van der Waals surface area contributed by atoms with Crippen molar-refractivity contribution in [3.05, 3.63) is 64.5 Å². The molecule has 0 bridgehead atoms. The van der Waals surface area contributed by atoms with Gasteiger partial charge in [0.2, 0.25) is 0 Å². The van der Waals surface area contributed by atoms with Crippen LogP contribution in [0.4, 0.5) is 0 Å². The molecule has 25 heavy (non-hydrogen) atoms. The van der Waals surface area contributed by atoms with Crippen LogP contribution in [0.25, 0.3) is 11.5 Å². The summed E-state index contributed by atoms with van der Waals surface area (Å²) in [6, 6.07) is 12.0. The zero-order valence-electron chi connectivity index (χ0n) is 13.4. The first kappa shape index (κ1) is 17.3. The standard InChI is InChI=1S/C18H16BrNO5/c1-23-11-4-5-13(19)12(9-11)18(22)20-10-14(21)15-6-7-17(25-15)16-3-2-8-24-16/h2-9,14,21H,10H2,1H3,(H,20,22). The van der Waals surface area contributed by atoms with Crippen molar-refractivity contribution in [2.24, 2.45) is 0 Å².